The summed E-state index contributed by atoms with van der Waals surface area (Å²) in [5, 5.41) is 0. The second-order valence-corrected chi connectivity index (χ2v) is 5.43. The monoisotopic (exact) mass is 264 g/mol. The van der Waals surface area contributed by atoms with Crippen LogP contribution in [0.2, 0.25) is 0 Å². The lowest BCUT2D eigenvalue weighted by Gasteiger charge is -2.07. The Morgan fingerprint density at radius 3 is 2.44 bits per heavy atom. The van der Waals surface area contributed by atoms with Crippen LogP contribution in [0.4, 0.5) is 11.6 Å². The predicted octanol–water partition coefficient (Wildman–Crippen LogP) is 1.17. The average molecular weight is 264 g/mol. The SMILES string of the molecule is Cc1ccc(NS(=O)(=O)c2ccc(N)nc2)nc1. The fourth-order valence-corrected chi connectivity index (χ4v) is 2.23. The summed E-state index contributed by atoms with van der Waals surface area (Å²) in [6.45, 7) is 1.87. The maximum Gasteiger partial charge on any atom is 0.264 e. The van der Waals surface area contributed by atoms with Crippen LogP contribution in [0.15, 0.2) is 41.6 Å². The fraction of sp³-hybridized carbons (Fsp3) is 0.0909. The minimum absolute atomic E-state index is 0.0408. The second-order valence-electron chi connectivity index (χ2n) is 3.75. The second kappa shape index (κ2) is 4.61. The van der Waals surface area contributed by atoms with Crippen LogP contribution in [0.1, 0.15) is 5.56 Å². The van der Waals surface area contributed by atoms with Gasteiger partial charge in [-0.2, -0.15) is 0 Å². The lowest BCUT2D eigenvalue weighted by atomic mass is 10.3. The molecule has 0 saturated carbocycles. The molecule has 0 aliphatic rings. The summed E-state index contributed by atoms with van der Waals surface area (Å²) in [6.07, 6.45) is 2.78. The van der Waals surface area contributed by atoms with Crippen LogP contribution in [-0.4, -0.2) is 18.4 Å². The Bertz CT molecular complexity index is 636. The maximum atomic E-state index is 12.0. The first-order valence-electron chi connectivity index (χ1n) is 5.14. The Labute approximate surface area is 105 Å². The molecular weight excluding hydrogens is 252 g/mol. The smallest absolute Gasteiger partial charge is 0.264 e. The molecule has 0 saturated heterocycles. The van der Waals surface area contributed by atoms with Gasteiger partial charge in [-0.25, -0.2) is 18.4 Å². The van der Waals surface area contributed by atoms with Gasteiger partial charge in [0, 0.05) is 12.4 Å². The third-order valence-corrected chi connectivity index (χ3v) is 3.56. The Morgan fingerprint density at radius 1 is 1.11 bits per heavy atom. The van der Waals surface area contributed by atoms with Gasteiger partial charge in [0.25, 0.3) is 10.0 Å². The number of nitrogens with one attached hydrogen (secondary N) is 1. The van der Waals surface area contributed by atoms with Gasteiger partial charge in [-0.1, -0.05) is 6.07 Å². The van der Waals surface area contributed by atoms with Crippen molar-refractivity contribution in [1.29, 1.82) is 0 Å². The molecule has 0 fully saturated rings. The third kappa shape index (κ3) is 2.75. The van der Waals surface area contributed by atoms with E-state index in [0.29, 0.717) is 0 Å². The highest BCUT2D eigenvalue weighted by Gasteiger charge is 2.14. The van der Waals surface area contributed by atoms with Gasteiger partial charge in [0.15, 0.2) is 0 Å². The van der Waals surface area contributed by atoms with Crippen molar-refractivity contribution in [2.24, 2.45) is 0 Å². The molecule has 3 N–H and O–H groups in total. The molecule has 0 aliphatic heterocycles. The van der Waals surface area contributed by atoms with Gasteiger partial charge < -0.3 is 5.73 Å². The van der Waals surface area contributed by atoms with E-state index in [1.165, 1.54) is 18.3 Å². The van der Waals surface area contributed by atoms with Gasteiger partial charge in [0.05, 0.1) is 0 Å². The van der Waals surface area contributed by atoms with Crippen molar-refractivity contribution in [3.8, 4) is 0 Å². The molecule has 2 heterocycles. The Kier molecular flexibility index (Phi) is 3.15. The van der Waals surface area contributed by atoms with Crippen LogP contribution in [0.25, 0.3) is 0 Å². The number of rotatable bonds is 3. The number of nitrogens with two attached hydrogens (primary N) is 1. The van der Waals surface area contributed by atoms with Crippen molar-refractivity contribution in [2.45, 2.75) is 11.8 Å². The van der Waals surface area contributed by atoms with Crippen molar-refractivity contribution < 1.29 is 8.42 Å². The topological polar surface area (TPSA) is 98.0 Å². The van der Waals surface area contributed by atoms with E-state index in [0.717, 1.165) is 5.56 Å². The van der Waals surface area contributed by atoms with E-state index in [9.17, 15) is 8.42 Å². The molecule has 2 rings (SSSR count). The number of aromatic nitrogens is 2. The first-order valence-corrected chi connectivity index (χ1v) is 6.63. The molecule has 2 aromatic rings. The van der Waals surface area contributed by atoms with Gasteiger partial charge in [0.2, 0.25) is 0 Å². The zero-order valence-electron chi connectivity index (χ0n) is 9.66. The Morgan fingerprint density at radius 2 is 1.89 bits per heavy atom. The van der Waals surface area contributed by atoms with Gasteiger partial charge in [-0.3, -0.25) is 4.72 Å². The van der Waals surface area contributed by atoms with Gasteiger partial charge in [-0.05, 0) is 30.7 Å². The lowest BCUT2D eigenvalue weighted by Crippen LogP contribution is -2.14. The zero-order valence-corrected chi connectivity index (χ0v) is 10.5. The molecule has 7 heteroatoms. The highest BCUT2D eigenvalue weighted by atomic mass is 32.2. The predicted molar refractivity (Wildman–Crippen MR) is 68.4 cm³/mol. The molecule has 0 bridgehead atoms. The van der Waals surface area contributed by atoms with E-state index < -0.39 is 10.0 Å². The summed E-state index contributed by atoms with van der Waals surface area (Å²) in [7, 11) is -3.67. The first kappa shape index (κ1) is 12.3. The summed E-state index contributed by atoms with van der Waals surface area (Å²) in [4.78, 5) is 7.75. The molecule has 0 spiro atoms. The van der Waals surface area contributed by atoms with Crippen LogP contribution < -0.4 is 10.5 Å². The largest absolute Gasteiger partial charge is 0.384 e. The highest BCUT2D eigenvalue weighted by Crippen LogP contribution is 2.14. The Balaban J connectivity index is 2.27. The maximum absolute atomic E-state index is 12.0. The van der Waals surface area contributed by atoms with Gasteiger partial charge in [-0.15, -0.1) is 0 Å². The van der Waals surface area contributed by atoms with Crippen molar-refractivity contribution in [3.05, 3.63) is 42.2 Å². The summed E-state index contributed by atoms with van der Waals surface area (Å²) >= 11 is 0. The van der Waals surface area contributed by atoms with E-state index in [-0.39, 0.29) is 16.5 Å². The molecule has 0 amide bonds. The number of aryl methyl sites for hydroxylation is 1. The number of sulfonamides is 1. The average Bonchev–Trinajstić information content (AvgIpc) is 2.32. The molecule has 18 heavy (non-hydrogen) atoms. The van der Waals surface area contributed by atoms with Crippen molar-refractivity contribution in [2.75, 3.05) is 10.5 Å². The van der Waals surface area contributed by atoms with Gasteiger partial charge >= 0.3 is 0 Å². The molecule has 0 aliphatic carbocycles. The van der Waals surface area contributed by atoms with Crippen molar-refractivity contribution in [3.63, 3.8) is 0 Å². The number of anilines is 2. The van der Waals surface area contributed by atoms with Crippen molar-refractivity contribution >= 4 is 21.7 Å². The first-order chi connectivity index (χ1) is 8.47. The molecule has 2 aromatic heterocycles. The van der Waals surface area contributed by atoms with Crippen LogP contribution in [0.5, 0.6) is 0 Å². The molecule has 0 unspecified atom stereocenters. The van der Waals surface area contributed by atoms with Crippen molar-refractivity contribution in [1.82, 2.24) is 9.97 Å². The molecule has 94 valence electrons. The third-order valence-electron chi connectivity index (χ3n) is 2.22. The molecule has 0 radical (unpaired) electrons. The zero-order chi connectivity index (χ0) is 13.2. The summed E-state index contributed by atoms with van der Waals surface area (Å²) in [5.41, 5.74) is 6.35. The fourth-order valence-electron chi connectivity index (χ4n) is 1.28. The number of hydrogen-bond donors (Lipinski definition) is 2. The van der Waals surface area contributed by atoms with Gasteiger partial charge in [0.1, 0.15) is 16.5 Å². The summed E-state index contributed by atoms with van der Waals surface area (Å²) < 4.78 is 26.3. The molecular formula is C11H12N4O2S. The summed E-state index contributed by atoms with van der Waals surface area (Å²) in [6, 6.07) is 6.18. The Hall–Kier alpha value is -2.15. The minimum atomic E-state index is -3.67. The van der Waals surface area contributed by atoms with E-state index in [1.54, 1.807) is 18.3 Å². The van der Waals surface area contributed by atoms with Crippen LogP contribution >= 0.6 is 0 Å². The van der Waals surface area contributed by atoms with E-state index in [2.05, 4.69) is 14.7 Å². The number of hydrogen-bond acceptors (Lipinski definition) is 5. The highest BCUT2D eigenvalue weighted by molar-refractivity contribution is 7.92. The molecule has 0 atom stereocenters. The molecule has 6 nitrogen and oxygen atoms in total. The number of nitrogen functional groups attached to an aromatic ring is 1. The number of nitrogens with zero attached hydrogens (tertiary/aromatic N) is 2. The van der Waals surface area contributed by atoms with Crippen LogP contribution in [0.3, 0.4) is 0 Å². The normalized spacial score (nSPS) is 11.2. The van der Waals surface area contributed by atoms with E-state index >= 15 is 0 Å². The van der Waals surface area contributed by atoms with E-state index in [1.807, 2.05) is 6.92 Å². The lowest BCUT2D eigenvalue weighted by molar-refractivity contribution is 0.600. The number of pyridine rings is 2. The van der Waals surface area contributed by atoms with E-state index in [4.69, 9.17) is 5.73 Å². The van der Waals surface area contributed by atoms with Crippen LogP contribution in [0, 0.1) is 6.92 Å². The standard InChI is InChI=1S/C11H12N4O2S/c1-8-2-5-11(14-6-8)15-18(16,17)9-3-4-10(12)13-7-9/h2-7H,1H3,(H2,12,13)(H,14,15). The quantitative estimate of drug-likeness (QED) is 0.867. The summed E-state index contributed by atoms with van der Waals surface area (Å²) in [5.74, 6) is 0.528. The van der Waals surface area contributed by atoms with Crippen LogP contribution in [-0.2, 0) is 10.0 Å². The minimum Gasteiger partial charge on any atom is -0.384 e. The molecule has 0 aromatic carbocycles.